The second-order valence-corrected chi connectivity index (χ2v) is 5.63. The smallest absolute Gasteiger partial charge is 0.435 e. The second-order valence-electron chi connectivity index (χ2n) is 5.63. The van der Waals surface area contributed by atoms with Crippen LogP contribution in [0, 0.1) is 0 Å². The number of rotatable bonds is 6. The zero-order valence-electron chi connectivity index (χ0n) is 13.9. The fourth-order valence-corrected chi connectivity index (χ4v) is 2.06. The second kappa shape index (κ2) is 7.46. The summed E-state index contributed by atoms with van der Waals surface area (Å²) in [6, 6.07) is 4.68. The van der Waals surface area contributed by atoms with E-state index < -0.39 is 30.3 Å². The van der Waals surface area contributed by atoms with Gasteiger partial charge >= 0.3 is 12.1 Å². The van der Waals surface area contributed by atoms with Crippen molar-refractivity contribution in [2.45, 2.75) is 32.7 Å². The number of hydrogen-bond donors (Lipinski definition) is 2. The van der Waals surface area contributed by atoms with Crippen LogP contribution in [0.2, 0.25) is 0 Å². The number of carboxylic acid groups (broad SMARTS) is 1. The molecule has 0 saturated carbocycles. The molecular weight excluding hydrogens is 355 g/mol. The molecular formula is C16H16F3N3O4. The van der Waals surface area contributed by atoms with Gasteiger partial charge in [-0.1, -0.05) is 0 Å². The van der Waals surface area contributed by atoms with Gasteiger partial charge < -0.3 is 15.2 Å². The molecule has 10 heteroatoms. The van der Waals surface area contributed by atoms with Crippen LogP contribution in [0.4, 0.5) is 18.9 Å². The van der Waals surface area contributed by atoms with E-state index >= 15 is 0 Å². The molecule has 2 N–H and O–H groups in total. The number of ether oxygens (including phenoxy) is 1. The molecule has 0 fully saturated rings. The van der Waals surface area contributed by atoms with Crippen molar-refractivity contribution in [1.82, 2.24) is 9.78 Å². The highest BCUT2D eigenvalue weighted by Gasteiger charge is 2.33. The summed E-state index contributed by atoms with van der Waals surface area (Å²) < 4.78 is 43.9. The SMILES string of the molecule is CC(C)Oc1ccc(C(=O)O)cc1NC(=O)Cn1ccc(C(F)(F)F)n1. The Kier molecular flexibility index (Phi) is 5.53. The summed E-state index contributed by atoms with van der Waals surface area (Å²) in [4.78, 5) is 23.2. The molecule has 2 aromatic rings. The van der Waals surface area contributed by atoms with Crippen LogP contribution in [0.5, 0.6) is 5.75 Å². The Labute approximate surface area is 146 Å². The van der Waals surface area contributed by atoms with Crippen LogP contribution in [0.15, 0.2) is 30.5 Å². The van der Waals surface area contributed by atoms with Crippen molar-refractivity contribution >= 4 is 17.6 Å². The van der Waals surface area contributed by atoms with Crippen LogP contribution in [0.3, 0.4) is 0 Å². The van der Waals surface area contributed by atoms with Crippen molar-refractivity contribution in [2.24, 2.45) is 0 Å². The van der Waals surface area contributed by atoms with Gasteiger partial charge in [0.1, 0.15) is 12.3 Å². The summed E-state index contributed by atoms with van der Waals surface area (Å²) in [5, 5.41) is 14.8. The third-order valence-corrected chi connectivity index (χ3v) is 3.10. The third kappa shape index (κ3) is 4.98. The number of carboxylic acids is 1. The summed E-state index contributed by atoms with van der Waals surface area (Å²) in [5.74, 6) is -1.63. The van der Waals surface area contributed by atoms with Crippen molar-refractivity contribution in [2.75, 3.05) is 5.32 Å². The Morgan fingerprint density at radius 2 is 2.00 bits per heavy atom. The van der Waals surface area contributed by atoms with Crippen LogP contribution in [-0.2, 0) is 17.5 Å². The molecule has 1 amide bonds. The predicted octanol–water partition coefficient (Wildman–Crippen LogP) is 3.03. The highest BCUT2D eigenvalue weighted by Crippen LogP contribution is 2.28. The van der Waals surface area contributed by atoms with Crippen molar-refractivity contribution < 1.29 is 32.6 Å². The number of amides is 1. The number of anilines is 1. The Hall–Kier alpha value is -3.04. The lowest BCUT2D eigenvalue weighted by Crippen LogP contribution is -2.21. The number of halogens is 3. The first-order valence-electron chi connectivity index (χ1n) is 7.50. The molecule has 1 aromatic carbocycles. The van der Waals surface area contributed by atoms with Gasteiger partial charge in [-0.15, -0.1) is 0 Å². The van der Waals surface area contributed by atoms with Crippen molar-refractivity contribution in [3.63, 3.8) is 0 Å². The first-order chi connectivity index (χ1) is 12.1. The molecule has 0 aliphatic rings. The van der Waals surface area contributed by atoms with Crippen LogP contribution in [0.1, 0.15) is 29.9 Å². The molecule has 0 atom stereocenters. The minimum atomic E-state index is -4.60. The first kappa shape index (κ1) is 19.3. The molecule has 0 saturated heterocycles. The molecule has 0 unspecified atom stereocenters. The third-order valence-electron chi connectivity index (χ3n) is 3.10. The summed E-state index contributed by atoms with van der Waals surface area (Å²) in [6.45, 7) is 3.02. The van der Waals surface area contributed by atoms with Gasteiger partial charge in [-0.05, 0) is 38.1 Å². The Morgan fingerprint density at radius 1 is 1.31 bits per heavy atom. The fraction of sp³-hybridized carbons (Fsp3) is 0.312. The Morgan fingerprint density at radius 3 is 2.54 bits per heavy atom. The topological polar surface area (TPSA) is 93.5 Å². The molecule has 7 nitrogen and oxygen atoms in total. The van der Waals surface area contributed by atoms with E-state index in [9.17, 15) is 22.8 Å². The van der Waals surface area contributed by atoms with E-state index in [2.05, 4.69) is 10.4 Å². The van der Waals surface area contributed by atoms with E-state index in [1.165, 1.54) is 18.2 Å². The lowest BCUT2D eigenvalue weighted by Gasteiger charge is -2.15. The van der Waals surface area contributed by atoms with E-state index in [1.54, 1.807) is 13.8 Å². The molecule has 0 bridgehead atoms. The van der Waals surface area contributed by atoms with Crippen molar-refractivity contribution in [3.05, 3.63) is 41.7 Å². The number of aromatic carboxylic acids is 1. The number of benzene rings is 1. The maximum absolute atomic E-state index is 12.5. The summed E-state index contributed by atoms with van der Waals surface area (Å²) in [7, 11) is 0. The maximum atomic E-state index is 12.5. The van der Waals surface area contributed by atoms with E-state index in [0.29, 0.717) is 0 Å². The van der Waals surface area contributed by atoms with Crippen molar-refractivity contribution in [3.8, 4) is 5.75 Å². The maximum Gasteiger partial charge on any atom is 0.435 e. The number of hydrogen-bond acceptors (Lipinski definition) is 4. The van der Waals surface area contributed by atoms with Gasteiger partial charge in [0.2, 0.25) is 5.91 Å². The molecule has 26 heavy (non-hydrogen) atoms. The molecule has 140 valence electrons. The summed E-state index contributed by atoms with van der Waals surface area (Å²) in [6.07, 6.45) is -3.81. The predicted molar refractivity (Wildman–Crippen MR) is 85.0 cm³/mol. The largest absolute Gasteiger partial charge is 0.489 e. The standard InChI is InChI=1S/C16H16F3N3O4/c1-9(2)26-12-4-3-10(15(24)25)7-11(12)20-14(23)8-22-6-5-13(21-22)16(17,18)19/h3-7,9H,8H2,1-2H3,(H,20,23)(H,24,25). The zero-order chi connectivity index (χ0) is 19.5. The molecule has 0 aliphatic heterocycles. The Bertz CT molecular complexity index is 815. The normalized spacial score (nSPS) is 11.5. The van der Waals surface area contributed by atoms with Gasteiger partial charge in [-0.2, -0.15) is 18.3 Å². The minimum Gasteiger partial charge on any atom is -0.489 e. The van der Waals surface area contributed by atoms with Crippen LogP contribution in [0.25, 0.3) is 0 Å². The average molecular weight is 371 g/mol. The van der Waals surface area contributed by atoms with E-state index in [0.717, 1.165) is 16.9 Å². The fourth-order valence-electron chi connectivity index (χ4n) is 2.06. The molecule has 0 spiro atoms. The molecule has 0 aliphatic carbocycles. The molecule has 0 radical (unpaired) electrons. The van der Waals surface area contributed by atoms with Gasteiger partial charge in [0, 0.05) is 6.20 Å². The average Bonchev–Trinajstić information content (AvgIpc) is 2.96. The number of aromatic nitrogens is 2. The summed E-state index contributed by atoms with van der Waals surface area (Å²) in [5.41, 5.74) is -1.08. The highest BCUT2D eigenvalue weighted by molar-refractivity contribution is 5.95. The van der Waals surface area contributed by atoms with Crippen LogP contribution < -0.4 is 10.1 Å². The number of carbonyl (C=O) groups excluding carboxylic acids is 1. The highest BCUT2D eigenvalue weighted by atomic mass is 19.4. The van der Waals surface area contributed by atoms with E-state index in [1.807, 2.05) is 0 Å². The first-order valence-corrected chi connectivity index (χ1v) is 7.50. The van der Waals surface area contributed by atoms with Gasteiger partial charge in [0.15, 0.2) is 5.69 Å². The number of nitrogens with one attached hydrogen (secondary N) is 1. The van der Waals surface area contributed by atoms with Crippen molar-refractivity contribution in [1.29, 1.82) is 0 Å². The van der Waals surface area contributed by atoms with E-state index in [4.69, 9.17) is 9.84 Å². The van der Waals surface area contributed by atoms with Crippen LogP contribution in [-0.4, -0.2) is 32.9 Å². The number of alkyl halides is 3. The van der Waals surface area contributed by atoms with Crippen LogP contribution >= 0.6 is 0 Å². The van der Waals surface area contributed by atoms with Gasteiger partial charge in [-0.3, -0.25) is 9.48 Å². The van der Waals surface area contributed by atoms with Gasteiger partial charge in [0.25, 0.3) is 0 Å². The van der Waals surface area contributed by atoms with E-state index in [-0.39, 0.29) is 23.1 Å². The van der Waals surface area contributed by atoms with Gasteiger partial charge in [0.05, 0.1) is 17.4 Å². The van der Waals surface area contributed by atoms with Gasteiger partial charge in [-0.25, -0.2) is 4.79 Å². The lowest BCUT2D eigenvalue weighted by molar-refractivity contribution is -0.141. The molecule has 1 aromatic heterocycles. The lowest BCUT2D eigenvalue weighted by atomic mass is 10.2. The number of carbonyl (C=O) groups is 2. The Balaban J connectivity index is 2.17. The minimum absolute atomic E-state index is 0.0742. The summed E-state index contributed by atoms with van der Waals surface area (Å²) >= 11 is 0. The monoisotopic (exact) mass is 371 g/mol. The zero-order valence-corrected chi connectivity index (χ0v) is 13.9. The quantitative estimate of drug-likeness (QED) is 0.814. The molecule has 2 rings (SSSR count). The molecule has 1 heterocycles. The number of nitrogens with zero attached hydrogens (tertiary/aromatic N) is 2.